The van der Waals surface area contributed by atoms with Gasteiger partial charge in [0.05, 0.1) is 17.1 Å². The van der Waals surface area contributed by atoms with E-state index in [4.69, 9.17) is 5.26 Å². The summed E-state index contributed by atoms with van der Waals surface area (Å²) in [6, 6.07) is 2.32. The third-order valence-corrected chi connectivity index (χ3v) is 3.33. The Morgan fingerprint density at radius 1 is 1.44 bits per heavy atom. The van der Waals surface area contributed by atoms with Gasteiger partial charge in [0.2, 0.25) is 0 Å². The summed E-state index contributed by atoms with van der Waals surface area (Å²) in [6.07, 6.45) is 3.94. The standard InChI is InChI=1S/C13H24N2O/c1-4-6-13(16)10-15(11-13)8-5-7-12(2,3)9-14/h16H,4-8,10-11H2,1-3H3. The molecule has 0 bridgehead atoms. The van der Waals surface area contributed by atoms with Crippen LogP contribution in [0.3, 0.4) is 0 Å². The molecule has 1 N–H and O–H groups in total. The quantitative estimate of drug-likeness (QED) is 0.752. The first-order valence-electron chi connectivity index (χ1n) is 6.27. The lowest BCUT2D eigenvalue weighted by molar-refractivity contribution is -0.103. The van der Waals surface area contributed by atoms with Gasteiger partial charge in [-0.15, -0.1) is 0 Å². The molecular formula is C13H24N2O. The number of hydrogen-bond acceptors (Lipinski definition) is 3. The van der Waals surface area contributed by atoms with Gasteiger partial charge in [0.25, 0.3) is 0 Å². The minimum absolute atomic E-state index is 0.204. The summed E-state index contributed by atoms with van der Waals surface area (Å²) in [7, 11) is 0. The fourth-order valence-corrected chi connectivity index (χ4v) is 2.37. The maximum absolute atomic E-state index is 9.99. The van der Waals surface area contributed by atoms with Crippen molar-refractivity contribution in [2.45, 2.75) is 52.1 Å². The van der Waals surface area contributed by atoms with Crippen LogP contribution in [0.15, 0.2) is 0 Å². The number of hydrogen-bond donors (Lipinski definition) is 1. The molecule has 0 atom stereocenters. The Hall–Kier alpha value is -0.590. The molecule has 0 radical (unpaired) electrons. The zero-order valence-corrected chi connectivity index (χ0v) is 10.8. The fourth-order valence-electron chi connectivity index (χ4n) is 2.37. The van der Waals surface area contributed by atoms with Crippen LogP contribution < -0.4 is 0 Å². The topological polar surface area (TPSA) is 47.3 Å². The van der Waals surface area contributed by atoms with Crippen LogP contribution in [0.4, 0.5) is 0 Å². The van der Waals surface area contributed by atoms with Gasteiger partial charge in [-0.1, -0.05) is 13.3 Å². The number of aliphatic hydroxyl groups is 1. The molecule has 92 valence electrons. The lowest BCUT2D eigenvalue weighted by Gasteiger charge is -2.47. The molecule has 3 nitrogen and oxygen atoms in total. The molecule has 1 rings (SSSR count). The van der Waals surface area contributed by atoms with E-state index in [1.165, 1.54) is 0 Å². The zero-order chi connectivity index (χ0) is 12.2. The predicted octanol–water partition coefficient (Wildman–Crippen LogP) is 2.16. The second-order valence-corrected chi connectivity index (χ2v) is 5.78. The van der Waals surface area contributed by atoms with Crippen LogP contribution in [0.2, 0.25) is 0 Å². The molecule has 0 spiro atoms. The average molecular weight is 224 g/mol. The van der Waals surface area contributed by atoms with Crippen molar-refractivity contribution >= 4 is 0 Å². The van der Waals surface area contributed by atoms with Gasteiger partial charge < -0.3 is 5.11 Å². The normalized spacial score (nSPS) is 20.2. The lowest BCUT2D eigenvalue weighted by atomic mass is 9.87. The van der Waals surface area contributed by atoms with Gasteiger partial charge in [-0.3, -0.25) is 4.90 Å². The maximum atomic E-state index is 9.99. The van der Waals surface area contributed by atoms with Crippen LogP contribution in [0.5, 0.6) is 0 Å². The van der Waals surface area contributed by atoms with Gasteiger partial charge >= 0.3 is 0 Å². The van der Waals surface area contributed by atoms with E-state index in [0.29, 0.717) is 0 Å². The monoisotopic (exact) mass is 224 g/mol. The van der Waals surface area contributed by atoms with Crippen LogP contribution in [-0.4, -0.2) is 35.2 Å². The molecule has 0 saturated carbocycles. The van der Waals surface area contributed by atoms with Crippen LogP contribution in [-0.2, 0) is 0 Å². The lowest BCUT2D eigenvalue weighted by Crippen LogP contribution is -2.61. The molecule has 1 fully saturated rings. The Morgan fingerprint density at radius 2 is 2.06 bits per heavy atom. The highest BCUT2D eigenvalue weighted by atomic mass is 16.3. The zero-order valence-electron chi connectivity index (χ0n) is 10.8. The number of rotatable bonds is 6. The summed E-state index contributed by atoms with van der Waals surface area (Å²) in [5.74, 6) is 0. The Labute approximate surface area is 99.1 Å². The molecule has 1 saturated heterocycles. The van der Waals surface area contributed by atoms with E-state index in [2.05, 4.69) is 17.9 Å². The predicted molar refractivity (Wildman–Crippen MR) is 64.9 cm³/mol. The second-order valence-electron chi connectivity index (χ2n) is 5.78. The summed E-state index contributed by atoms with van der Waals surface area (Å²) >= 11 is 0. The molecule has 1 heterocycles. The Morgan fingerprint density at radius 3 is 2.56 bits per heavy atom. The molecule has 0 unspecified atom stereocenters. The van der Waals surface area contributed by atoms with Crippen molar-refractivity contribution in [3.05, 3.63) is 0 Å². The summed E-state index contributed by atoms with van der Waals surface area (Å²) in [5, 5.41) is 18.9. The maximum Gasteiger partial charge on any atom is 0.0900 e. The van der Waals surface area contributed by atoms with Crippen molar-refractivity contribution in [2.24, 2.45) is 5.41 Å². The minimum atomic E-state index is -0.417. The van der Waals surface area contributed by atoms with Crippen LogP contribution in [0.1, 0.15) is 46.5 Å². The summed E-state index contributed by atoms with van der Waals surface area (Å²) in [4.78, 5) is 2.28. The van der Waals surface area contributed by atoms with Crippen LogP contribution >= 0.6 is 0 Å². The number of nitrogens with zero attached hydrogens (tertiary/aromatic N) is 2. The molecule has 16 heavy (non-hydrogen) atoms. The molecule has 1 aliphatic heterocycles. The first kappa shape index (κ1) is 13.5. The Balaban J connectivity index is 2.13. The highest BCUT2D eigenvalue weighted by Crippen LogP contribution is 2.27. The van der Waals surface area contributed by atoms with Crippen molar-refractivity contribution in [1.29, 1.82) is 5.26 Å². The molecule has 0 aliphatic carbocycles. The van der Waals surface area contributed by atoms with Crippen molar-refractivity contribution in [3.63, 3.8) is 0 Å². The van der Waals surface area contributed by atoms with E-state index in [1.807, 2.05) is 13.8 Å². The highest BCUT2D eigenvalue weighted by molar-refractivity contribution is 4.96. The van der Waals surface area contributed by atoms with E-state index < -0.39 is 5.60 Å². The first-order valence-corrected chi connectivity index (χ1v) is 6.27. The van der Waals surface area contributed by atoms with Crippen molar-refractivity contribution in [1.82, 2.24) is 4.90 Å². The molecule has 3 heteroatoms. The Bertz CT molecular complexity index is 262. The van der Waals surface area contributed by atoms with Crippen molar-refractivity contribution in [2.75, 3.05) is 19.6 Å². The number of β-amino-alcohol motifs (C(OH)–C–C–N with tert-alkyl or cyclic N) is 1. The smallest absolute Gasteiger partial charge is 0.0900 e. The second kappa shape index (κ2) is 5.16. The highest BCUT2D eigenvalue weighted by Gasteiger charge is 2.39. The minimum Gasteiger partial charge on any atom is -0.387 e. The third-order valence-electron chi connectivity index (χ3n) is 3.33. The van der Waals surface area contributed by atoms with Gasteiger partial charge in [-0.05, 0) is 39.7 Å². The van der Waals surface area contributed by atoms with Crippen molar-refractivity contribution in [3.8, 4) is 6.07 Å². The number of likely N-dealkylation sites (tertiary alicyclic amines) is 1. The third kappa shape index (κ3) is 3.77. The number of nitriles is 1. The molecule has 0 amide bonds. The SMILES string of the molecule is CCCC1(O)CN(CCCC(C)(C)C#N)C1. The molecule has 0 aromatic heterocycles. The summed E-state index contributed by atoms with van der Waals surface area (Å²) in [5.41, 5.74) is -0.621. The van der Waals surface area contributed by atoms with E-state index in [-0.39, 0.29) is 5.41 Å². The van der Waals surface area contributed by atoms with Gasteiger partial charge in [0.15, 0.2) is 0 Å². The average Bonchev–Trinajstić information content (AvgIpc) is 2.15. The molecular weight excluding hydrogens is 200 g/mol. The van der Waals surface area contributed by atoms with Gasteiger partial charge in [-0.25, -0.2) is 0 Å². The van der Waals surface area contributed by atoms with Crippen LogP contribution in [0.25, 0.3) is 0 Å². The first-order chi connectivity index (χ1) is 7.41. The molecule has 0 aromatic rings. The largest absolute Gasteiger partial charge is 0.387 e. The fraction of sp³-hybridized carbons (Fsp3) is 0.923. The van der Waals surface area contributed by atoms with Gasteiger partial charge in [0, 0.05) is 13.1 Å². The Kier molecular flexibility index (Phi) is 4.35. The van der Waals surface area contributed by atoms with E-state index in [0.717, 1.165) is 45.3 Å². The van der Waals surface area contributed by atoms with Gasteiger partial charge in [0.1, 0.15) is 0 Å². The van der Waals surface area contributed by atoms with Gasteiger partial charge in [-0.2, -0.15) is 5.26 Å². The van der Waals surface area contributed by atoms with Crippen molar-refractivity contribution < 1.29 is 5.11 Å². The summed E-state index contributed by atoms with van der Waals surface area (Å²) < 4.78 is 0. The molecule has 0 aromatic carbocycles. The van der Waals surface area contributed by atoms with E-state index in [1.54, 1.807) is 0 Å². The summed E-state index contributed by atoms with van der Waals surface area (Å²) in [6.45, 7) is 8.71. The van der Waals surface area contributed by atoms with E-state index >= 15 is 0 Å². The molecule has 1 aliphatic rings. The van der Waals surface area contributed by atoms with E-state index in [9.17, 15) is 5.11 Å². The van der Waals surface area contributed by atoms with Crippen LogP contribution in [0, 0.1) is 16.7 Å².